The normalized spacial score (nSPS) is 15.0. The molecule has 1 fully saturated rings. The Kier molecular flexibility index (Phi) is 7.46. The Hall–Kier alpha value is -2.71. The van der Waals surface area contributed by atoms with E-state index >= 15 is 0 Å². The van der Waals surface area contributed by atoms with Gasteiger partial charge in [0.05, 0.1) is 29.4 Å². The number of aromatic amines is 1. The van der Waals surface area contributed by atoms with Crippen molar-refractivity contribution < 1.29 is 19.1 Å². The van der Waals surface area contributed by atoms with Gasteiger partial charge in [0, 0.05) is 17.8 Å². The second-order valence-corrected chi connectivity index (χ2v) is 8.11. The first kappa shape index (κ1) is 23.0. The molecule has 1 saturated heterocycles. The lowest BCUT2D eigenvalue weighted by molar-refractivity contribution is -0.121. The van der Waals surface area contributed by atoms with Crippen LogP contribution in [0.5, 0.6) is 0 Å². The van der Waals surface area contributed by atoms with E-state index in [9.17, 15) is 14.4 Å². The number of rotatable bonds is 7. The second-order valence-electron chi connectivity index (χ2n) is 7.67. The molecule has 8 nitrogen and oxygen atoms in total. The highest BCUT2D eigenvalue weighted by Gasteiger charge is 2.28. The van der Waals surface area contributed by atoms with Gasteiger partial charge in [0.25, 0.3) is 0 Å². The summed E-state index contributed by atoms with van der Waals surface area (Å²) in [7, 11) is 0. The minimum Gasteiger partial charge on any atom is -0.462 e. The molecule has 2 aromatic heterocycles. The molecule has 0 saturated carbocycles. The standard InChI is InChI=1S/C22H27ClN4O4/c1-4-31-22(30)19-13(2)20(25-14(19)3)17(28)12-27-9-7-15(8-10-27)21(29)26-18-6-5-16(23)11-24-18/h5-6,11,15,25H,4,7-10,12H2,1-3H3,(H,24,26,29). The first-order valence-electron chi connectivity index (χ1n) is 10.3. The number of H-pyrrole nitrogens is 1. The number of carbonyl (C=O) groups excluding carboxylic acids is 3. The number of nitrogens with zero attached hydrogens (tertiary/aromatic N) is 2. The number of halogens is 1. The van der Waals surface area contributed by atoms with Crippen LogP contribution in [0, 0.1) is 19.8 Å². The van der Waals surface area contributed by atoms with Crippen molar-refractivity contribution in [3.63, 3.8) is 0 Å². The van der Waals surface area contributed by atoms with E-state index in [4.69, 9.17) is 16.3 Å². The minimum atomic E-state index is -0.421. The number of likely N-dealkylation sites (tertiary alicyclic amines) is 1. The number of esters is 1. The summed E-state index contributed by atoms with van der Waals surface area (Å²) in [4.78, 5) is 46.6. The molecule has 0 bridgehead atoms. The second kappa shape index (κ2) is 10.1. The number of pyridine rings is 1. The predicted octanol–water partition coefficient (Wildman–Crippen LogP) is 3.39. The Morgan fingerprint density at radius 3 is 2.58 bits per heavy atom. The highest BCUT2D eigenvalue weighted by atomic mass is 35.5. The lowest BCUT2D eigenvalue weighted by atomic mass is 9.95. The largest absolute Gasteiger partial charge is 0.462 e. The molecule has 3 heterocycles. The maximum atomic E-state index is 12.8. The first-order chi connectivity index (χ1) is 14.8. The molecule has 1 amide bonds. The molecule has 0 spiro atoms. The highest BCUT2D eigenvalue weighted by Crippen LogP contribution is 2.22. The molecule has 0 unspecified atom stereocenters. The lowest BCUT2D eigenvalue weighted by Gasteiger charge is -2.30. The zero-order valence-electron chi connectivity index (χ0n) is 18.0. The topological polar surface area (TPSA) is 104 Å². The summed E-state index contributed by atoms with van der Waals surface area (Å²) in [6.07, 6.45) is 2.80. The minimum absolute atomic E-state index is 0.0734. The summed E-state index contributed by atoms with van der Waals surface area (Å²) < 4.78 is 5.09. The van der Waals surface area contributed by atoms with E-state index in [0.717, 1.165) is 0 Å². The summed E-state index contributed by atoms with van der Waals surface area (Å²) >= 11 is 5.81. The molecule has 0 aromatic carbocycles. The van der Waals surface area contributed by atoms with Gasteiger partial charge in [0.1, 0.15) is 5.82 Å². The summed E-state index contributed by atoms with van der Waals surface area (Å²) in [6, 6.07) is 3.34. The quantitative estimate of drug-likeness (QED) is 0.499. The Morgan fingerprint density at radius 1 is 1.26 bits per heavy atom. The molecule has 0 radical (unpaired) electrons. The maximum absolute atomic E-state index is 12.8. The van der Waals surface area contributed by atoms with Gasteiger partial charge in [-0.2, -0.15) is 0 Å². The van der Waals surface area contributed by atoms with Crippen LogP contribution >= 0.6 is 11.6 Å². The van der Waals surface area contributed by atoms with Gasteiger partial charge in [0.15, 0.2) is 5.78 Å². The van der Waals surface area contributed by atoms with Gasteiger partial charge in [-0.1, -0.05) is 11.6 Å². The third-order valence-corrected chi connectivity index (χ3v) is 5.72. The van der Waals surface area contributed by atoms with Crippen LogP contribution < -0.4 is 5.32 Å². The van der Waals surface area contributed by atoms with E-state index in [2.05, 4.69) is 15.3 Å². The molecule has 3 rings (SSSR count). The number of hydrogen-bond acceptors (Lipinski definition) is 6. The number of hydrogen-bond donors (Lipinski definition) is 2. The molecule has 2 aromatic rings. The monoisotopic (exact) mass is 446 g/mol. The van der Waals surface area contributed by atoms with Crippen molar-refractivity contribution in [3.05, 3.63) is 45.9 Å². The van der Waals surface area contributed by atoms with E-state index in [1.165, 1.54) is 6.20 Å². The molecule has 2 N–H and O–H groups in total. The van der Waals surface area contributed by atoms with Crippen molar-refractivity contribution in [2.24, 2.45) is 5.92 Å². The summed E-state index contributed by atoms with van der Waals surface area (Å²) in [5, 5.41) is 3.33. The molecule has 1 aliphatic heterocycles. The van der Waals surface area contributed by atoms with Crippen molar-refractivity contribution in [2.75, 3.05) is 31.6 Å². The van der Waals surface area contributed by atoms with Gasteiger partial charge in [0.2, 0.25) is 5.91 Å². The Bertz CT molecular complexity index is 963. The number of amides is 1. The molecular weight excluding hydrogens is 420 g/mol. The number of ketones is 1. The molecule has 0 aliphatic carbocycles. The van der Waals surface area contributed by atoms with Gasteiger partial charge in [-0.05, 0) is 64.4 Å². The Morgan fingerprint density at radius 2 is 1.97 bits per heavy atom. The predicted molar refractivity (Wildman–Crippen MR) is 118 cm³/mol. The Labute approximate surface area is 186 Å². The van der Waals surface area contributed by atoms with Gasteiger partial charge >= 0.3 is 5.97 Å². The molecule has 166 valence electrons. The third kappa shape index (κ3) is 5.51. The smallest absolute Gasteiger partial charge is 0.340 e. The fourth-order valence-electron chi connectivity index (χ4n) is 3.85. The molecule has 31 heavy (non-hydrogen) atoms. The average molecular weight is 447 g/mol. The number of anilines is 1. The maximum Gasteiger partial charge on any atom is 0.340 e. The van der Waals surface area contributed by atoms with Gasteiger partial charge in [-0.15, -0.1) is 0 Å². The molecule has 9 heteroatoms. The number of aryl methyl sites for hydroxylation is 1. The number of carbonyl (C=O) groups is 3. The fraction of sp³-hybridized carbons (Fsp3) is 0.455. The van der Waals surface area contributed by atoms with Crippen LogP contribution in [0.1, 0.15) is 51.9 Å². The van der Waals surface area contributed by atoms with Crippen LogP contribution in [-0.2, 0) is 9.53 Å². The van der Waals surface area contributed by atoms with Crippen LogP contribution in [0.3, 0.4) is 0 Å². The summed E-state index contributed by atoms with van der Waals surface area (Å²) in [5.41, 5.74) is 2.11. The van der Waals surface area contributed by atoms with Crippen LogP contribution in [0.2, 0.25) is 5.02 Å². The molecule has 1 aliphatic rings. The van der Waals surface area contributed by atoms with E-state index in [1.807, 2.05) is 4.90 Å². The SMILES string of the molecule is CCOC(=O)c1c(C)[nH]c(C(=O)CN2CCC(C(=O)Nc3ccc(Cl)cn3)CC2)c1C. The van der Waals surface area contributed by atoms with Crippen molar-refractivity contribution in [1.29, 1.82) is 0 Å². The number of piperidine rings is 1. The van der Waals surface area contributed by atoms with E-state index in [0.29, 0.717) is 59.3 Å². The number of ether oxygens (including phenoxy) is 1. The fourth-order valence-corrected chi connectivity index (χ4v) is 3.96. The Balaban J connectivity index is 1.54. The van der Waals surface area contributed by atoms with E-state index < -0.39 is 5.97 Å². The van der Waals surface area contributed by atoms with E-state index in [1.54, 1.807) is 32.9 Å². The number of Topliss-reactive ketones (excluding diaryl/α,β-unsaturated/α-hetero) is 1. The zero-order valence-corrected chi connectivity index (χ0v) is 18.7. The summed E-state index contributed by atoms with van der Waals surface area (Å²) in [6.45, 7) is 7.05. The highest BCUT2D eigenvalue weighted by molar-refractivity contribution is 6.30. The van der Waals surface area contributed by atoms with Gasteiger partial charge < -0.3 is 15.0 Å². The first-order valence-corrected chi connectivity index (χ1v) is 10.7. The van der Waals surface area contributed by atoms with Gasteiger partial charge in [-0.25, -0.2) is 9.78 Å². The van der Waals surface area contributed by atoms with Crippen LogP contribution in [0.25, 0.3) is 0 Å². The van der Waals surface area contributed by atoms with Gasteiger partial charge in [-0.3, -0.25) is 14.5 Å². The number of aromatic nitrogens is 2. The van der Waals surface area contributed by atoms with Crippen LogP contribution in [-0.4, -0.2) is 58.8 Å². The molecular formula is C22H27ClN4O4. The summed E-state index contributed by atoms with van der Waals surface area (Å²) in [5.74, 6) is -0.231. The average Bonchev–Trinajstić information content (AvgIpc) is 3.04. The van der Waals surface area contributed by atoms with Crippen molar-refractivity contribution in [3.8, 4) is 0 Å². The lowest BCUT2D eigenvalue weighted by Crippen LogP contribution is -2.40. The van der Waals surface area contributed by atoms with Crippen molar-refractivity contribution >= 4 is 35.1 Å². The van der Waals surface area contributed by atoms with Crippen LogP contribution in [0.15, 0.2) is 18.3 Å². The van der Waals surface area contributed by atoms with E-state index in [-0.39, 0.29) is 30.8 Å². The van der Waals surface area contributed by atoms with Crippen molar-refractivity contribution in [2.45, 2.75) is 33.6 Å². The molecule has 0 atom stereocenters. The number of nitrogens with one attached hydrogen (secondary N) is 2. The van der Waals surface area contributed by atoms with Crippen molar-refractivity contribution in [1.82, 2.24) is 14.9 Å². The zero-order chi connectivity index (χ0) is 22.5. The third-order valence-electron chi connectivity index (χ3n) is 5.50. The van der Waals surface area contributed by atoms with Crippen LogP contribution in [0.4, 0.5) is 5.82 Å².